The van der Waals surface area contributed by atoms with Crippen LogP contribution in [0.25, 0.3) is 0 Å². The molecule has 0 aromatic heterocycles. The maximum atomic E-state index is 5.24. The molecule has 0 aliphatic rings. The molecule has 0 radical (unpaired) electrons. The quantitative estimate of drug-likeness (QED) is 0.439. The summed E-state index contributed by atoms with van der Waals surface area (Å²) in [4.78, 5) is 0. The molecule has 0 spiro atoms. The third-order valence-electron chi connectivity index (χ3n) is 2.48. The first-order valence-corrected chi connectivity index (χ1v) is 4.19. The van der Waals surface area contributed by atoms with E-state index in [0.29, 0.717) is 0 Å². The minimum absolute atomic E-state index is 0.0704. The Kier molecular flexibility index (Phi) is 3.83. The summed E-state index contributed by atoms with van der Waals surface area (Å²) in [5.41, 5.74) is 2.68. The molecular formula is C12H18. The van der Waals surface area contributed by atoms with Gasteiger partial charge >= 0.3 is 0 Å². The van der Waals surface area contributed by atoms with Gasteiger partial charge in [0.25, 0.3) is 0 Å². The Hall–Kier alpha value is -0.960. The molecule has 0 fully saturated rings. The largest absolute Gasteiger partial charge is 0.120 e. The maximum absolute atomic E-state index is 5.24. The molecule has 0 saturated heterocycles. The van der Waals surface area contributed by atoms with E-state index in [1.54, 1.807) is 0 Å². The van der Waals surface area contributed by atoms with Gasteiger partial charge in [0, 0.05) is 11.8 Å². The van der Waals surface area contributed by atoms with Crippen molar-refractivity contribution in [2.24, 2.45) is 5.41 Å². The van der Waals surface area contributed by atoms with Gasteiger partial charge in [0.1, 0.15) is 0 Å². The topological polar surface area (TPSA) is 0 Å². The molecule has 0 aliphatic heterocycles. The fraction of sp³-hybridized carbons (Fsp3) is 0.500. The van der Waals surface area contributed by atoms with Gasteiger partial charge in [-0.1, -0.05) is 31.1 Å². The second kappa shape index (κ2) is 4.16. The Labute approximate surface area is 76.4 Å². The van der Waals surface area contributed by atoms with Crippen molar-refractivity contribution in [3.63, 3.8) is 0 Å². The highest BCUT2D eigenvalue weighted by Gasteiger charge is 2.16. The number of rotatable bonds is 3. The molecule has 0 heterocycles. The van der Waals surface area contributed by atoms with Gasteiger partial charge in [-0.25, -0.2) is 0 Å². The first-order valence-electron chi connectivity index (χ1n) is 4.19. The van der Waals surface area contributed by atoms with Gasteiger partial charge in [0.15, 0.2) is 0 Å². The smallest absolute Gasteiger partial charge is 0.0296 e. The van der Waals surface area contributed by atoms with Gasteiger partial charge in [-0.3, -0.25) is 0 Å². The minimum atomic E-state index is 0.0704. The lowest BCUT2D eigenvalue weighted by atomic mass is 9.82. The highest BCUT2D eigenvalue weighted by molar-refractivity contribution is 5.24. The molecule has 0 N–H and O–H groups in total. The molecule has 0 nitrogen and oxygen atoms in total. The van der Waals surface area contributed by atoms with Gasteiger partial charge in [0.05, 0.1) is 0 Å². The summed E-state index contributed by atoms with van der Waals surface area (Å²) in [6.07, 6.45) is 7.94. The van der Waals surface area contributed by atoms with Gasteiger partial charge in [-0.05, 0) is 13.8 Å². The van der Waals surface area contributed by atoms with E-state index in [9.17, 15) is 0 Å². The third-order valence-corrected chi connectivity index (χ3v) is 2.48. The summed E-state index contributed by atoms with van der Waals surface area (Å²) in [6.45, 7) is 12.3. The molecule has 0 rings (SSSR count). The van der Waals surface area contributed by atoms with Gasteiger partial charge in [-0.15, -0.1) is 18.9 Å². The maximum Gasteiger partial charge on any atom is 0.0296 e. The first-order chi connectivity index (χ1) is 5.45. The summed E-state index contributed by atoms with van der Waals surface area (Å²) in [7, 11) is 0. The number of terminal acetylenes is 1. The molecule has 0 aromatic carbocycles. The van der Waals surface area contributed by atoms with Crippen molar-refractivity contribution < 1.29 is 0 Å². The standard InChI is InChI=1S/C12H18/c1-7-9-10(3)11(4)12(5,6)8-2/h1,8H,2,9H2,3-6H3/b11-10+. The van der Waals surface area contributed by atoms with Crippen molar-refractivity contribution >= 4 is 0 Å². The third kappa shape index (κ3) is 2.58. The van der Waals surface area contributed by atoms with Crippen LogP contribution in [-0.2, 0) is 0 Å². The van der Waals surface area contributed by atoms with Crippen LogP contribution >= 0.6 is 0 Å². The number of allylic oxidation sites excluding steroid dienone is 3. The van der Waals surface area contributed by atoms with Gasteiger partial charge in [0.2, 0.25) is 0 Å². The van der Waals surface area contributed by atoms with E-state index >= 15 is 0 Å². The molecular weight excluding hydrogens is 144 g/mol. The molecule has 0 atom stereocenters. The second-order valence-electron chi connectivity index (χ2n) is 3.71. The van der Waals surface area contributed by atoms with E-state index in [2.05, 4.69) is 40.2 Å². The van der Waals surface area contributed by atoms with Crippen LogP contribution in [0.2, 0.25) is 0 Å². The van der Waals surface area contributed by atoms with E-state index in [4.69, 9.17) is 6.42 Å². The molecule has 0 unspecified atom stereocenters. The summed E-state index contributed by atoms with van der Waals surface area (Å²) < 4.78 is 0. The van der Waals surface area contributed by atoms with E-state index in [1.807, 2.05) is 6.08 Å². The van der Waals surface area contributed by atoms with Crippen LogP contribution in [0.3, 0.4) is 0 Å². The molecule has 0 saturated carbocycles. The Morgan fingerprint density at radius 2 is 2.00 bits per heavy atom. The molecule has 0 amide bonds. The van der Waals surface area contributed by atoms with E-state index in [-0.39, 0.29) is 5.41 Å². The molecule has 0 aliphatic carbocycles. The molecule has 66 valence electrons. The predicted octanol–water partition coefficient (Wildman–Crippen LogP) is 3.56. The molecule has 12 heavy (non-hydrogen) atoms. The Morgan fingerprint density at radius 3 is 2.33 bits per heavy atom. The van der Waals surface area contributed by atoms with Crippen molar-refractivity contribution in [3.8, 4) is 12.3 Å². The van der Waals surface area contributed by atoms with E-state index in [0.717, 1.165) is 6.42 Å². The summed E-state index contributed by atoms with van der Waals surface area (Å²) >= 11 is 0. The normalized spacial score (nSPS) is 13.2. The average Bonchev–Trinajstić information content (AvgIpc) is 2.03. The Bertz CT molecular complexity index is 233. The van der Waals surface area contributed by atoms with E-state index < -0.39 is 0 Å². The van der Waals surface area contributed by atoms with Crippen LogP contribution in [0.15, 0.2) is 23.8 Å². The second-order valence-corrected chi connectivity index (χ2v) is 3.71. The zero-order valence-electron chi connectivity index (χ0n) is 8.57. The van der Waals surface area contributed by atoms with Crippen LogP contribution in [0.5, 0.6) is 0 Å². The zero-order chi connectivity index (χ0) is 9.78. The molecule has 0 heteroatoms. The predicted molar refractivity (Wildman–Crippen MR) is 55.8 cm³/mol. The van der Waals surface area contributed by atoms with Crippen LogP contribution < -0.4 is 0 Å². The lowest BCUT2D eigenvalue weighted by Gasteiger charge is -2.23. The van der Waals surface area contributed by atoms with Crippen molar-refractivity contribution in [1.29, 1.82) is 0 Å². The van der Waals surface area contributed by atoms with Gasteiger partial charge in [-0.2, -0.15) is 0 Å². The van der Waals surface area contributed by atoms with Gasteiger partial charge < -0.3 is 0 Å². The van der Waals surface area contributed by atoms with Crippen LogP contribution in [0, 0.1) is 17.8 Å². The summed E-state index contributed by atoms with van der Waals surface area (Å²) in [5.74, 6) is 2.65. The Morgan fingerprint density at radius 1 is 1.50 bits per heavy atom. The monoisotopic (exact) mass is 162 g/mol. The van der Waals surface area contributed by atoms with Crippen molar-refractivity contribution in [2.75, 3.05) is 0 Å². The average molecular weight is 162 g/mol. The fourth-order valence-electron chi connectivity index (χ4n) is 0.989. The Balaban J connectivity index is 4.79. The van der Waals surface area contributed by atoms with Crippen LogP contribution in [0.1, 0.15) is 34.1 Å². The van der Waals surface area contributed by atoms with Crippen molar-refractivity contribution in [3.05, 3.63) is 23.8 Å². The summed E-state index contributed by atoms with van der Waals surface area (Å²) in [5, 5.41) is 0. The SMILES string of the molecule is C#CC/C(C)=C(\C)C(C)(C)C=C. The highest BCUT2D eigenvalue weighted by atomic mass is 14.2. The number of hydrogen-bond donors (Lipinski definition) is 0. The molecule has 0 aromatic rings. The van der Waals surface area contributed by atoms with Crippen LogP contribution in [0.4, 0.5) is 0 Å². The zero-order valence-corrected chi connectivity index (χ0v) is 8.57. The molecule has 0 bridgehead atoms. The van der Waals surface area contributed by atoms with Crippen molar-refractivity contribution in [2.45, 2.75) is 34.1 Å². The first kappa shape index (κ1) is 11.0. The minimum Gasteiger partial charge on any atom is -0.120 e. The highest BCUT2D eigenvalue weighted by Crippen LogP contribution is 2.30. The van der Waals surface area contributed by atoms with Crippen molar-refractivity contribution in [1.82, 2.24) is 0 Å². The van der Waals surface area contributed by atoms with E-state index in [1.165, 1.54) is 11.1 Å². The fourth-order valence-corrected chi connectivity index (χ4v) is 0.989. The summed E-state index contributed by atoms with van der Waals surface area (Å²) in [6, 6.07) is 0. The van der Waals surface area contributed by atoms with Crippen LogP contribution in [-0.4, -0.2) is 0 Å². The lowest BCUT2D eigenvalue weighted by Crippen LogP contribution is -2.10. The number of hydrogen-bond acceptors (Lipinski definition) is 0. The lowest BCUT2D eigenvalue weighted by molar-refractivity contribution is 0.572.